The van der Waals surface area contributed by atoms with Crippen LogP contribution in [0, 0.1) is 18.5 Å². The molecule has 0 atom stereocenters. The van der Waals surface area contributed by atoms with E-state index in [2.05, 4.69) is 73.0 Å². The summed E-state index contributed by atoms with van der Waals surface area (Å²) in [7, 11) is 0. The Bertz CT molecular complexity index is 4490. The minimum absolute atomic E-state index is 0. The van der Waals surface area contributed by atoms with Gasteiger partial charge in [0.15, 0.2) is 0 Å². The van der Waals surface area contributed by atoms with E-state index < -0.39 is 71.3 Å². The minimum atomic E-state index is -0.600. The quantitative estimate of drug-likeness (QED) is 0.112. The van der Waals surface area contributed by atoms with E-state index in [0.717, 1.165) is 40.3 Å². The minimum Gasteiger partial charge on any atom is -0.509 e. The van der Waals surface area contributed by atoms with Crippen LogP contribution in [0.3, 0.4) is 0 Å². The summed E-state index contributed by atoms with van der Waals surface area (Å²) in [6.45, 7) is 14.8. The van der Waals surface area contributed by atoms with Crippen LogP contribution >= 0.6 is 0 Å². The first-order chi connectivity index (χ1) is 39.7. The van der Waals surface area contributed by atoms with Gasteiger partial charge in [-0.3, -0.25) is 4.57 Å². The van der Waals surface area contributed by atoms with Crippen molar-refractivity contribution in [3.8, 4) is 62.1 Å². The van der Waals surface area contributed by atoms with Crippen molar-refractivity contribution in [3.63, 3.8) is 0 Å². The second kappa shape index (κ2) is 18.1. The van der Waals surface area contributed by atoms with Gasteiger partial charge in [0.1, 0.15) is 5.82 Å². The fourth-order valence-electron chi connectivity index (χ4n) is 9.96. The molecule has 0 radical (unpaired) electrons. The molecule has 3 heterocycles. The van der Waals surface area contributed by atoms with Gasteiger partial charge in [0.05, 0.1) is 34.5 Å². The van der Waals surface area contributed by atoms with Crippen LogP contribution in [0.2, 0.25) is 0 Å². The van der Waals surface area contributed by atoms with E-state index in [1.165, 1.54) is 0 Å². The van der Waals surface area contributed by atoms with Crippen molar-refractivity contribution in [1.82, 2.24) is 14.1 Å². The Morgan fingerprint density at radius 2 is 1.29 bits per heavy atom. The molecule has 0 aliphatic heterocycles. The molecule has 72 heavy (non-hydrogen) atoms. The van der Waals surface area contributed by atoms with Crippen LogP contribution in [-0.4, -0.2) is 14.1 Å². The number of pyridine rings is 1. The molecule has 0 unspecified atom stereocenters. The molecule has 0 N–H and O–H groups in total. The molecule has 0 spiro atoms. The standard InChI is InChI=1S/C66H56N4O.Pt/c1-64(2,3)47-34-37-67-62(39-47)70-57-29-15-14-26-52(57)54-41-53(46-32-33-55-56(38-46)66(6,7)36-35-65(55,4)5)61(42-60(54)70)71-49-25-18-24-48(40-49)68-43-69(59-31-17-16-30-58(59)68)63-50(44-20-10-8-11-21-44)27-19-28-51(63)45-22-12-9-13-23-45;/h8-34,37-39,41H,35-36H2,1-7H3;/q-2;/i8D,9D,10D,11D,12D,13D,20D,21D,22D,23D,32D,33D,38D;. The van der Waals surface area contributed by atoms with Crippen molar-refractivity contribution < 1.29 is 48.2 Å². The van der Waals surface area contributed by atoms with Gasteiger partial charge in [0, 0.05) is 44.3 Å². The van der Waals surface area contributed by atoms with E-state index >= 15 is 0 Å². The number of ether oxygens (including phenoxy) is 1. The summed E-state index contributed by atoms with van der Waals surface area (Å²) in [5.41, 5.74) is 4.78. The van der Waals surface area contributed by atoms with E-state index in [9.17, 15) is 4.11 Å². The second-order valence-electron chi connectivity index (χ2n) is 20.5. The number of fused-ring (bicyclic) bond motifs is 5. The van der Waals surface area contributed by atoms with E-state index in [1.54, 1.807) is 63.9 Å². The number of imidazole rings is 1. The van der Waals surface area contributed by atoms with Crippen molar-refractivity contribution in [1.29, 1.82) is 0 Å². The zero-order chi connectivity index (χ0) is 60.0. The van der Waals surface area contributed by atoms with E-state index in [1.807, 2.05) is 53.1 Å². The molecule has 3 aromatic heterocycles. The van der Waals surface area contributed by atoms with Gasteiger partial charge in [0.2, 0.25) is 0 Å². The number of aromatic nitrogens is 4. The van der Waals surface area contributed by atoms with Crippen molar-refractivity contribution >= 4 is 32.8 Å². The van der Waals surface area contributed by atoms with Crippen LogP contribution in [0.1, 0.15) is 95.8 Å². The summed E-state index contributed by atoms with van der Waals surface area (Å²) in [5, 5.41) is 1.64. The summed E-state index contributed by atoms with van der Waals surface area (Å²) in [5.74, 6) is 1.01. The molecule has 12 rings (SSSR count). The van der Waals surface area contributed by atoms with Crippen LogP contribution in [0.25, 0.3) is 83.4 Å². The molecule has 8 aromatic carbocycles. The molecule has 0 saturated carbocycles. The van der Waals surface area contributed by atoms with Crippen LogP contribution in [0.15, 0.2) is 188 Å². The predicted molar refractivity (Wildman–Crippen MR) is 290 cm³/mol. The first-order valence-corrected chi connectivity index (χ1v) is 23.8. The molecule has 6 heteroatoms. The van der Waals surface area contributed by atoms with Crippen molar-refractivity contribution in [2.45, 2.75) is 77.6 Å². The molecular formula is C66H56N4OPt-2. The molecule has 0 amide bonds. The van der Waals surface area contributed by atoms with Crippen molar-refractivity contribution in [2.24, 2.45) is 0 Å². The number of rotatable bonds is 8. The molecule has 5 nitrogen and oxygen atoms in total. The van der Waals surface area contributed by atoms with Gasteiger partial charge in [-0.25, -0.2) is 4.98 Å². The normalized spacial score (nSPS) is 16.6. The summed E-state index contributed by atoms with van der Waals surface area (Å²) < 4.78 is 130. The summed E-state index contributed by atoms with van der Waals surface area (Å²) in [6.07, 6.45) is 6.79. The van der Waals surface area contributed by atoms with E-state index in [4.69, 9.17) is 23.4 Å². The van der Waals surface area contributed by atoms with Gasteiger partial charge < -0.3 is 13.9 Å². The largest absolute Gasteiger partial charge is 0.509 e. The van der Waals surface area contributed by atoms with Gasteiger partial charge >= 0.3 is 0 Å². The number of hydrogen-bond donors (Lipinski definition) is 0. The number of benzene rings is 8. The van der Waals surface area contributed by atoms with E-state index in [0.29, 0.717) is 39.2 Å². The summed E-state index contributed by atoms with van der Waals surface area (Å²) in [4.78, 5) is 4.90. The Morgan fingerprint density at radius 1 is 0.639 bits per heavy atom. The van der Waals surface area contributed by atoms with Crippen LogP contribution < -0.4 is 9.30 Å². The molecule has 358 valence electrons. The predicted octanol–water partition coefficient (Wildman–Crippen LogP) is 16.2. The third kappa shape index (κ3) is 8.18. The third-order valence-corrected chi connectivity index (χ3v) is 13.9. The Kier molecular flexibility index (Phi) is 8.56. The van der Waals surface area contributed by atoms with Gasteiger partial charge in [-0.05, 0) is 97.3 Å². The van der Waals surface area contributed by atoms with Gasteiger partial charge in [-0.1, -0.05) is 204 Å². The monoisotopic (exact) mass is 1130 g/mol. The molecule has 0 saturated heterocycles. The van der Waals surface area contributed by atoms with Crippen molar-refractivity contribution in [2.75, 3.05) is 0 Å². The average molecular weight is 1130 g/mol. The van der Waals surface area contributed by atoms with Crippen molar-refractivity contribution in [3.05, 3.63) is 223 Å². The Labute approximate surface area is 456 Å². The smallest absolute Gasteiger partial charge is 0.268 e. The first kappa shape index (κ1) is 34.1. The van der Waals surface area contributed by atoms with Crippen LogP contribution in [0.4, 0.5) is 0 Å². The zero-order valence-corrected chi connectivity index (χ0v) is 43.1. The number of hydrogen-bond acceptors (Lipinski definition) is 2. The third-order valence-electron chi connectivity index (χ3n) is 13.9. The molecule has 0 bridgehead atoms. The van der Waals surface area contributed by atoms with E-state index in [-0.39, 0.29) is 89.6 Å². The fraction of sp³-hybridized carbons (Fsp3) is 0.182. The average Bonchev–Trinajstić information content (AvgIpc) is 1.69. The Hall–Kier alpha value is -7.33. The Balaban J connectivity index is 0.00000752. The maximum absolute atomic E-state index is 10.1. The first-order valence-electron chi connectivity index (χ1n) is 30.3. The zero-order valence-electron chi connectivity index (χ0n) is 53.8. The van der Waals surface area contributed by atoms with Crippen LogP contribution in [-0.2, 0) is 37.3 Å². The van der Waals surface area contributed by atoms with Gasteiger partial charge in [-0.15, -0.1) is 23.6 Å². The number of para-hydroxylation sites is 4. The molecule has 1 aliphatic carbocycles. The number of nitrogens with zero attached hydrogens (tertiary/aromatic N) is 4. The summed E-state index contributed by atoms with van der Waals surface area (Å²) >= 11 is 0. The van der Waals surface area contributed by atoms with Gasteiger partial charge in [0.25, 0.3) is 6.33 Å². The fourth-order valence-corrected chi connectivity index (χ4v) is 9.96. The molecule has 1 aliphatic rings. The van der Waals surface area contributed by atoms with Gasteiger partial charge in [-0.2, -0.15) is 18.2 Å². The SMILES string of the molecule is [2H]c1c([2H])c([2H])c(-c2cccc(-c3c([2H])c([2H])c([2H])c([2H])c3[2H])c2-[n+]2[c-]n(-c3[c-]c(Oc4[c-]c5c(cc4-c4c([2H])c([2H])c6c(c4[2H])C(C)(C)CCC6(C)C)c4ccccc4n5-c4cc(C(C)(C)C)ccn4)ccc3)c3ccccc32)c([2H])c1[2H].[Pt]. The van der Waals surface area contributed by atoms with Crippen LogP contribution in [0.5, 0.6) is 11.5 Å². The summed E-state index contributed by atoms with van der Waals surface area (Å²) in [6, 6.07) is 32.7. The topological polar surface area (TPSA) is 35.9 Å². The second-order valence-corrected chi connectivity index (χ2v) is 20.5. The maximum atomic E-state index is 10.1. The molecular weight excluding hydrogens is 1060 g/mol. The Morgan fingerprint density at radius 3 is 2.00 bits per heavy atom. The maximum Gasteiger partial charge on any atom is 0.268 e. The molecule has 0 fully saturated rings. The molecule has 11 aromatic rings.